The Morgan fingerprint density at radius 2 is 1.74 bits per heavy atom. The average molecular weight is 273 g/mol. The summed E-state index contributed by atoms with van der Waals surface area (Å²) in [7, 11) is 0. The van der Waals surface area contributed by atoms with E-state index in [4.69, 9.17) is 12.2 Å². The van der Waals surface area contributed by atoms with Gasteiger partial charge in [-0.3, -0.25) is 4.57 Å². The first-order valence-electron chi connectivity index (χ1n) is 6.94. The Kier molecular flexibility index (Phi) is 3.42. The van der Waals surface area contributed by atoms with Crippen molar-refractivity contribution >= 4 is 17.9 Å². The van der Waals surface area contributed by atoms with Crippen LogP contribution in [0.4, 0.5) is 5.69 Å². The number of hydrogen-bond donors (Lipinski definition) is 1. The van der Waals surface area contributed by atoms with Crippen LogP contribution in [0.25, 0.3) is 5.69 Å². The van der Waals surface area contributed by atoms with Gasteiger partial charge in [0.2, 0.25) is 0 Å². The number of aromatic amines is 1. The van der Waals surface area contributed by atoms with E-state index >= 15 is 0 Å². The molecule has 1 saturated heterocycles. The predicted molar refractivity (Wildman–Crippen MR) is 81.8 cm³/mol. The van der Waals surface area contributed by atoms with Crippen molar-refractivity contribution in [2.75, 3.05) is 18.0 Å². The summed E-state index contributed by atoms with van der Waals surface area (Å²) in [6, 6.07) is 8.73. The van der Waals surface area contributed by atoms with Crippen molar-refractivity contribution in [2.45, 2.75) is 26.2 Å². The normalized spacial score (nSPS) is 15.1. The van der Waals surface area contributed by atoms with Crippen molar-refractivity contribution in [1.82, 2.24) is 9.55 Å². The minimum Gasteiger partial charge on any atom is -0.372 e. The Morgan fingerprint density at radius 3 is 2.37 bits per heavy atom. The molecule has 1 aromatic heterocycles. The van der Waals surface area contributed by atoms with Crippen molar-refractivity contribution in [3.8, 4) is 5.69 Å². The largest absolute Gasteiger partial charge is 0.372 e. The second kappa shape index (κ2) is 5.21. The lowest BCUT2D eigenvalue weighted by molar-refractivity contribution is 0.919. The number of anilines is 1. The molecule has 2 heterocycles. The van der Waals surface area contributed by atoms with E-state index < -0.39 is 0 Å². The smallest absolute Gasteiger partial charge is 0.182 e. The van der Waals surface area contributed by atoms with E-state index in [9.17, 15) is 0 Å². The van der Waals surface area contributed by atoms with Crippen molar-refractivity contribution in [3.05, 3.63) is 40.9 Å². The second-order valence-corrected chi connectivity index (χ2v) is 5.37. The molecule has 0 unspecified atom stereocenters. The molecule has 2 aromatic rings. The molecule has 4 heteroatoms. The number of aromatic nitrogens is 2. The molecule has 0 amide bonds. The first-order valence-corrected chi connectivity index (χ1v) is 7.35. The molecule has 0 aliphatic carbocycles. The van der Waals surface area contributed by atoms with E-state index in [0.717, 1.165) is 16.9 Å². The average Bonchev–Trinajstić information content (AvgIpc) is 3.08. The zero-order valence-electron chi connectivity index (χ0n) is 11.2. The highest BCUT2D eigenvalue weighted by atomic mass is 32.1. The van der Waals surface area contributed by atoms with Crippen molar-refractivity contribution < 1.29 is 0 Å². The highest BCUT2D eigenvalue weighted by molar-refractivity contribution is 7.71. The number of nitrogens with one attached hydrogen (secondary N) is 1. The molecule has 0 atom stereocenters. The second-order valence-electron chi connectivity index (χ2n) is 4.98. The van der Waals surface area contributed by atoms with E-state index in [2.05, 4.69) is 45.6 Å². The number of imidazole rings is 1. The van der Waals surface area contributed by atoms with Crippen LogP contribution in [-0.2, 0) is 6.42 Å². The number of benzene rings is 1. The van der Waals surface area contributed by atoms with Crippen LogP contribution in [0, 0.1) is 4.77 Å². The van der Waals surface area contributed by atoms with Gasteiger partial charge in [0.25, 0.3) is 0 Å². The Morgan fingerprint density at radius 1 is 1.11 bits per heavy atom. The first-order chi connectivity index (χ1) is 9.29. The fourth-order valence-corrected chi connectivity index (χ4v) is 3.02. The highest BCUT2D eigenvalue weighted by Crippen LogP contribution is 2.22. The fourth-order valence-electron chi connectivity index (χ4n) is 2.74. The van der Waals surface area contributed by atoms with Crippen molar-refractivity contribution in [2.24, 2.45) is 0 Å². The Hall–Kier alpha value is -1.55. The summed E-state index contributed by atoms with van der Waals surface area (Å²) in [4.78, 5) is 5.57. The number of H-pyrrole nitrogens is 1. The van der Waals surface area contributed by atoms with Crippen LogP contribution in [-0.4, -0.2) is 22.6 Å². The Bertz CT molecular complexity index is 603. The molecule has 3 nitrogen and oxygen atoms in total. The van der Waals surface area contributed by atoms with Crippen LogP contribution in [0.3, 0.4) is 0 Å². The van der Waals surface area contributed by atoms with Gasteiger partial charge in [-0.15, -0.1) is 0 Å². The standard InChI is InChI=1S/C15H19N3S/c1-2-12-11-16-15(19)18(12)14-7-5-13(6-8-14)17-9-3-4-10-17/h5-8,11H,2-4,9-10H2,1H3,(H,16,19). The summed E-state index contributed by atoms with van der Waals surface area (Å²) < 4.78 is 2.88. The third kappa shape index (κ3) is 2.32. The minimum atomic E-state index is 0.769. The number of nitrogens with zero attached hydrogens (tertiary/aromatic N) is 2. The molecule has 0 bridgehead atoms. The van der Waals surface area contributed by atoms with Gasteiger partial charge >= 0.3 is 0 Å². The molecule has 19 heavy (non-hydrogen) atoms. The van der Waals surface area contributed by atoms with Gasteiger partial charge in [-0.05, 0) is 55.7 Å². The summed E-state index contributed by atoms with van der Waals surface area (Å²) in [6.45, 7) is 4.51. The molecule has 1 aromatic carbocycles. The van der Waals surface area contributed by atoms with Crippen molar-refractivity contribution in [3.63, 3.8) is 0 Å². The lowest BCUT2D eigenvalue weighted by Crippen LogP contribution is -2.17. The number of rotatable bonds is 3. The molecule has 1 N–H and O–H groups in total. The number of aryl methyl sites for hydroxylation is 1. The molecule has 1 fully saturated rings. The molecule has 3 rings (SSSR count). The minimum absolute atomic E-state index is 0.769. The molecule has 0 saturated carbocycles. The van der Waals surface area contributed by atoms with Crippen LogP contribution < -0.4 is 4.90 Å². The van der Waals surface area contributed by atoms with Gasteiger partial charge < -0.3 is 9.88 Å². The van der Waals surface area contributed by atoms with Crippen molar-refractivity contribution in [1.29, 1.82) is 0 Å². The summed E-state index contributed by atoms with van der Waals surface area (Å²) in [6.07, 6.45) is 5.59. The lowest BCUT2D eigenvalue weighted by Gasteiger charge is -2.18. The zero-order chi connectivity index (χ0) is 13.2. The van der Waals surface area contributed by atoms with Gasteiger partial charge in [0.05, 0.1) is 0 Å². The Labute approximate surface area is 118 Å². The highest BCUT2D eigenvalue weighted by Gasteiger charge is 2.12. The maximum absolute atomic E-state index is 5.36. The van der Waals surface area contributed by atoms with Gasteiger partial charge in [-0.2, -0.15) is 0 Å². The van der Waals surface area contributed by atoms with Gasteiger partial charge in [0, 0.05) is 36.4 Å². The quantitative estimate of drug-likeness (QED) is 0.862. The number of hydrogen-bond acceptors (Lipinski definition) is 2. The lowest BCUT2D eigenvalue weighted by atomic mass is 10.2. The predicted octanol–water partition coefficient (Wildman–Crippen LogP) is 3.70. The van der Waals surface area contributed by atoms with Crippen LogP contribution in [0.15, 0.2) is 30.5 Å². The van der Waals surface area contributed by atoms with Gasteiger partial charge in [0.15, 0.2) is 4.77 Å². The first kappa shape index (κ1) is 12.5. The third-order valence-electron chi connectivity index (χ3n) is 3.79. The Balaban J connectivity index is 1.93. The molecule has 0 radical (unpaired) electrons. The topological polar surface area (TPSA) is 24.0 Å². The third-order valence-corrected chi connectivity index (χ3v) is 4.09. The summed E-state index contributed by atoms with van der Waals surface area (Å²) in [5.41, 5.74) is 3.69. The summed E-state index contributed by atoms with van der Waals surface area (Å²) >= 11 is 5.36. The van der Waals surface area contributed by atoms with E-state index in [0.29, 0.717) is 0 Å². The molecule has 100 valence electrons. The van der Waals surface area contributed by atoms with Crippen LogP contribution >= 0.6 is 12.2 Å². The SMILES string of the molecule is CCc1c[nH]c(=S)n1-c1ccc(N2CCCC2)cc1. The molecular weight excluding hydrogens is 254 g/mol. The molecular formula is C15H19N3S. The van der Waals surface area contributed by atoms with Crippen LogP contribution in [0.2, 0.25) is 0 Å². The van der Waals surface area contributed by atoms with E-state index in [1.807, 2.05) is 6.20 Å². The van der Waals surface area contributed by atoms with Gasteiger partial charge in [-0.25, -0.2) is 0 Å². The van der Waals surface area contributed by atoms with Gasteiger partial charge in [-0.1, -0.05) is 6.92 Å². The van der Waals surface area contributed by atoms with Crippen LogP contribution in [0.5, 0.6) is 0 Å². The van der Waals surface area contributed by atoms with E-state index in [1.165, 1.54) is 37.3 Å². The van der Waals surface area contributed by atoms with Gasteiger partial charge in [0.1, 0.15) is 0 Å². The zero-order valence-corrected chi connectivity index (χ0v) is 12.0. The summed E-state index contributed by atoms with van der Waals surface area (Å²) in [5.74, 6) is 0. The van der Waals surface area contributed by atoms with E-state index in [-0.39, 0.29) is 0 Å². The monoisotopic (exact) mass is 273 g/mol. The molecule has 1 aliphatic heterocycles. The maximum atomic E-state index is 5.36. The maximum Gasteiger partial charge on any atom is 0.182 e. The molecule has 1 aliphatic rings. The fraction of sp³-hybridized carbons (Fsp3) is 0.400. The molecule has 0 spiro atoms. The van der Waals surface area contributed by atoms with E-state index in [1.54, 1.807) is 0 Å². The van der Waals surface area contributed by atoms with Crippen LogP contribution in [0.1, 0.15) is 25.5 Å². The summed E-state index contributed by atoms with van der Waals surface area (Å²) in [5, 5.41) is 0.